The fraction of sp³-hybridized carbons (Fsp3) is 0.429. The summed E-state index contributed by atoms with van der Waals surface area (Å²) in [5.41, 5.74) is -0.646. The van der Waals surface area contributed by atoms with Crippen molar-refractivity contribution in [1.82, 2.24) is 0 Å². The first kappa shape index (κ1) is 16.9. The molecule has 0 spiro atoms. The summed E-state index contributed by atoms with van der Waals surface area (Å²) >= 11 is 0. The van der Waals surface area contributed by atoms with E-state index in [2.05, 4.69) is 5.32 Å². The number of amides is 1. The number of carboxylic acid groups (broad SMARTS) is 1. The summed E-state index contributed by atoms with van der Waals surface area (Å²) in [6.07, 6.45) is -2.83. The third-order valence-electron chi connectivity index (χ3n) is 2.38. The van der Waals surface area contributed by atoms with Crippen LogP contribution in [0.25, 0.3) is 0 Å². The Kier molecular flexibility index (Phi) is 5.26. The van der Waals surface area contributed by atoms with Gasteiger partial charge in [0.15, 0.2) is 0 Å². The molecule has 0 bridgehead atoms. The number of nitrogens with one attached hydrogen (secondary N) is 1. The monoisotopic (exact) mass is 299 g/mol. The van der Waals surface area contributed by atoms with E-state index in [1.54, 1.807) is 20.8 Å². The van der Waals surface area contributed by atoms with E-state index in [-0.39, 0.29) is 11.3 Å². The highest BCUT2D eigenvalue weighted by Gasteiger charge is 2.21. The van der Waals surface area contributed by atoms with E-state index in [1.165, 1.54) is 6.07 Å². The lowest BCUT2D eigenvalue weighted by atomic mass is 10.0. The van der Waals surface area contributed by atoms with E-state index in [0.717, 1.165) is 12.1 Å². The number of anilines is 1. The van der Waals surface area contributed by atoms with Crippen LogP contribution in [0.15, 0.2) is 18.2 Å². The summed E-state index contributed by atoms with van der Waals surface area (Å²) < 4.78 is 18.3. The number of hydrogen-bond donors (Lipinski definition) is 3. The molecule has 0 saturated heterocycles. The molecule has 7 heteroatoms. The largest absolute Gasteiger partial charge is 0.481 e. The van der Waals surface area contributed by atoms with Gasteiger partial charge in [0.1, 0.15) is 11.4 Å². The van der Waals surface area contributed by atoms with Crippen LogP contribution in [-0.2, 0) is 9.53 Å². The smallest absolute Gasteiger partial charge is 0.412 e. The topological polar surface area (TPSA) is 95.9 Å². The third kappa shape index (κ3) is 5.78. The molecule has 0 aromatic heterocycles. The molecule has 0 radical (unpaired) electrons. The Morgan fingerprint density at radius 1 is 1.38 bits per heavy atom. The summed E-state index contributed by atoms with van der Waals surface area (Å²) in [6, 6.07) is 3.30. The molecule has 3 N–H and O–H groups in total. The zero-order chi connectivity index (χ0) is 16.2. The first-order chi connectivity index (χ1) is 9.58. The number of hydrogen-bond acceptors (Lipinski definition) is 4. The highest BCUT2D eigenvalue weighted by Crippen LogP contribution is 2.27. The van der Waals surface area contributed by atoms with Gasteiger partial charge >= 0.3 is 12.1 Å². The minimum atomic E-state index is -1.44. The summed E-state index contributed by atoms with van der Waals surface area (Å²) in [4.78, 5) is 22.3. The SMILES string of the molecule is CC(C)(C)OC(=O)Nc1ccc(F)cc1[C@@H](O)CC(=O)O. The van der Waals surface area contributed by atoms with Crippen molar-refractivity contribution in [2.24, 2.45) is 0 Å². The van der Waals surface area contributed by atoms with Gasteiger partial charge in [0.25, 0.3) is 0 Å². The number of rotatable bonds is 4. The lowest BCUT2D eigenvalue weighted by molar-refractivity contribution is -0.139. The van der Waals surface area contributed by atoms with E-state index >= 15 is 0 Å². The van der Waals surface area contributed by atoms with Crippen LogP contribution < -0.4 is 5.32 Å². The Labute approximate surface area is 121 Å². The molecule has 1 aromatic rings. The highest BCUT2D eigenvalue weighted by molar-refractivity contribution is 5.86. The second-order valence-electron chi connectivity index (χ2n) is 5.47. The van der Waals surface area contributed by atoms with Crippen LogP contribution in [0, 0.1) is 5.82 Å². The average molecular weight is 299 g/mol. The van der Waals surface area contributed by atoms with Gasteiger partial charge in [-0.15, -0.1) is 0 Å². The lowest BCUT2D eigenvalue weighted by Gasteiger charge is -2.21. The zero-order valence-electron chi connectivity index (χ0n) is 12.0. The van der Waals surface area contributed by atoms with Crippen molar-refractivity contribution >= 4 is 17.7 Å². The van der Waals surface area contributed by atoms with Gasteiger partial charge < -0.3 is 14.9 Å². The fourth-order valence-electron chi connectivity index (χ4n) is 1.61. The molecule has 6 nitrogen and oxygen atoms in total. The number of aliphatic hydroxyl groups is 1. The molecule has 0 unspecified atom stereocenters. The molecule has 0 aliphatic heterocycles. The molecule has 0 heterocycles. The lowest BCUT2D eigenvalue weighted by Crippen LogP contribution is -2.27. The van der Waals surface area contributed by atoms with E-state index in [0.29, 0.717) is 0 Å². The standard InChI is InChI=1S/C14H18FNO5/c1-14(2,3)21-13(20)16-10-5-4-8(15)6-9(10)11(17)7-12(18)19/h4-6,11,17H,7H2,1-3H3,(H,16,20)(H,18,19)/t11-/m0/s1. The molecule has 1 amide bonds. The van der Waals surface area contributed by atoms with Crippen LogP contribution in [0.3, 0.4) is 0 Å². The van der Waals surface area contributed by atoms with Crippen LogP contribution in [0.4, 0.5) is 14.9 Å². The number of ether oxygens (including phenoxy) is 1. The molecule has 21 heavy (non-hydrogen) atoms. The number of halogens is 1. The third-order valence-corrected chi connectivity index (χ3v) is 2.38. The van der Waals surface area contributed by atoms with Gasteiger partial charge in [-0.3, -0.25) is 10.1 Å². The first-order valence-corrected chi connectivity index (χ1v) is 6.28. The van der Waals surface area contributed by atoms with Crippen molar-refractivity contribution in [3.63, 3.8) is 0 Å². The molecule has 1 aromatic carbocycles. The molecule has 1 atom stereocenters. The van der Waals surface area contributed by atoms with Crippen molar-refractivity contribution in [3.05, 3.63) is 29.6 Å². The molecule has 116 valence electrons. The maximum absolute atomic E-state index is 13.3. The Hall–Kier alpha value is -2.15. The predicted octanol–water partition coefficient (Wildman–Crippen LogP) is 2.68. The number of carbonyl (C=O) groups excluding carboxylic acids is 1. The molecule has 0 fully saturated rings. The van der Waals surface area contributed by atoms with Gasteiger partial charge in [-0.1, -0.05) is 0 Å². The number of carboxylic acids is 1. The van der Waals surface area contributed by atoms with Crippen molar-refractivity contribution < 1.29 is 28.9 Å². The fourth-order valence-corrected chi connectivity index (χ4v) is 1.61. The van der Waals surface area contributed by atoms with Gasteiger partial charge in [-0.05, 0) is 39.0 Å². The van der Waals surface area contributed by atoms with Crippen LogP contribution in [-0.4, -0.2) is 27.9 Å². The van der Waals surface area contributed by atoms with E-state index in [9.17, 15) is 19.1 Å². The van der Waals surface area contributed by atoms with Gasteiger partial charge in [-0.2, -0.15) is 0 Å². The van der Waals surface area contributed by atoms with Crippen molar-refractivity contribution in [1.29, 1.82) is 0 Å². The van der Waals surface area contributed by atoms with Crippen molar-refractivity contribution in [2.75, 3.05) is 5.32 Å². The maximum Gasteiger partial charge on any atom is 0.412 e. The minimum absolute atomic E-state index is 0.0248. The molecule has 0 aliphatic rings. The maximum atomic E-state index is 13.3. The Morgan fingerprint density at radius 2 is 2.00 bits per heavy atom. The van der Waals surface area contributed by atoms with Crippen LogP contribution in [0.1, 0.15) is 38.9 Å². The summed E-state index contributed by atoms with van der Waals surface area (Å²) in [5.74, 6) is -1.89. The Bertz CT molecular complexity index is 539. The van der Waals surface area contributed by atoms with Crippen LogP contribution in [0.2, 0.25) is 0 Å². The Morgan fingerprint density at radius 3 is 2.52 bits per heavy atom. The second-order valence-corrected chi connectivity index (χ2v) is 5.47. The van der Waals surface area contributed by atoms with Crippen LogP contribution in [0.5, 0.6) is 0 Å². The van der Waals surface area contributed by atoms with Gasteiger partial charge in [0.2, 0.25) is 0 Å². The van der Waals surface area contributed by atoms with E-state index in [1.807, 2.05) is 0 Å². The highest BCUT2D eigenvalue weighted by atomic mass is 19.1. The zero-order valence-corrected chi connectivity index (χ0v) is 12.0. The minimum Gasteiger partial charge on any atom is -0.481 e. The van der Waals surface area contributed by atoms with Gasteiger partial charge in [0, 0.05) is 5.56 Å². The van der Waals surface area contributed by atoms with E-state index in [4.69, 9.17) is 9.84 Å². The number of aliphatic hydroxyl groups excluding tert-OH is 1. The van der Waals surface area contributed by atoms with Crippen LogP contribution >= 0.6 is 0 Å². The molecular formula is C14H18FNO5. The molecule has 1 rings (SSSR count). The summed E-state index contributed by atoms with van der Waals surface area (Å²) in [6.45, 7) is 5.03. The average Bonchev–Trinajstić information content (AvgIpc) is 2.27. The second kappa shape index (κ2) is 6.53. The molecule has 0 saturated carbocycles. The van der Waals surface area contributed by atoms with Gasteiger partial charge in [-0.25, -0.2) is 9.18 Å². The Balaban J connectivity index is 2.96. The van der Waals surface area contributed by atoms with E-state index < -0.39 is 36.0 Å². The van der Waals surface area contributed by atoms with Gasteiger partial charge in [0.05, 0.1) is 18.2 Å². The number of aliphatic carboxylic acids is 1. The summed E-state index contributed by atoms with van der Waals surface area (Å²) in [5, 5.41) is 20.8. The predicted molar refractivity (Wildman–Crippen MR) is 73.5 cm³/mol. The first-order valence-electron chi connectivity index (χ1n) is 6.28. The molecule has 0 aliphatic carbocycles. The number of benzene rings is 1. The number of carbonyl (C=O) groups is 2. The quantitative estimate of drug-likeness (QED) is 0.794. The molecular weight excluding hydrogens is 281 g/mol. The van der Waals surface area contributed by atoms with Crippen molar-refractivity contribution in [2.45, 2.75) is 38.9 Å². The summed E-state index contributed by atoms with van der Waals surface area (Å²) in [7, 11) is 0. The normalized spacial score (nSPS) is 12.6. The van der Waals surface area contributed by atoms with Crippen molar-refractivity contribution in [3.8, 4) is 0 Å².